The van der Waals surface area contributed by atoms with Crippen LogP contribution in [-0.4, -0.2) is 6.54 Å². The number of hydrogen-bond acceptors (Lipinski definition) is 1. The lowest BCUT2D eigenvalue weighted by Crippen LogP contribution is -2.03. The highest BCUT2D eigenvalue weighted by Gasteiger charge is 2.20. The molecule has 1 aliphatic rings. The highest BCUT2D eigenvalue weighted by molar-refractivity contribution is 5.52. The molecule has 1 aliphatic carbocycles. The maximum absolute atomic E-state index is 3.53. The van der Waals surface area contributed by atoms with Crippen molar-refractivity contribution in [3.05, 3.63) is 29.3 Å². The summed E-state index contributed by atoms with van der Waals surface area (Å²) in [6, 6.07) is 6.60. The molecule has 0 spiro atoms. The van der Waals surface area contributed by atoms with Gasteiger partial charge in [-0.05, 0) is 43.4 Å². The molecule has 0 radical (unpaired) electrons. The van der Waals surface area contributed by atoms with Crippen molar-refractivity contribution in [1.82, 2.24) is 0 Å². The molecule has 0 unspecified atom stereocenters. The molecule has 0 saturated heterocycles. The molecular formula is C13H19N. The molecule has 1 N–H and O–H groups in total. The smallest absolute Gasteiger partial charge is 0.0372 e. The van der Waals surface area contributed by atoms with Crippen LogP contribution < -0.4 is 5.32 Å². The van der Waals surface area contributed by atoms with Gasteiger partial charge >= 0.3 is 0 Å². The third kappa shape index (κ3) is 2.50. The Morgan fingerprint density at radius 3 is 2.79 bits per heavy atom. The number of anilines is 1. The third-order valence-electron chi connectivity index (χ3n) is 2.96. The molecule has 76 valence electrons. The van der Waals surface area contributed by atoms with Gasteiger partial charge in [-0.1, -0.05) is 25.0 Å². The molecule has 1 aromatic carbocycles. The third-order valence-corrected chi connectivity index (χ3v) is 2.96. The molecular weight excluding hydrogens is 170 g/mol. The van der Waals surface area contributed by atoms with Crippen LogP contribution in [0.25, 0.3) is 0 Å². The fourth-order valence-corrected chi connectivity index (χ4v) is 1.74. The van der Waals surface area contributed by atoms with Crippen molar-refractivity contribution in [3.8, 4) is 0 Å². The summed E-state index contributed by atoms with van der Waals surface area (Å²) in [5.41, 5.74) is 4.00. The zero-order valence-electron chi connectivity index (χ0n) is 9.14. The highest BCUT2D eigenvalue weighted by Crippen LogP contribution is 2.32. The molecule has 1 nitrogen and oxygen atoms in total. The zero-order chi connectivity index (χ0) is 9.97. The van der Waals surface area contributed by atoms with Crippen LogP contribution in [-0.2, 0) is 0 Å². The Balaban J connectivity index is 1.89. The van der Waals surface area contributed by atoms with E-state index in [0.717, 1.165) is 12.5 Å². The molecule has 1 heteroatoms. The summed E-state index contributed by atoms with van der Waals surface area (Å²) in [7, 11) is 0. The number of hydrogen-bond donors (Lipinski definition) is 1. The fourth-order valence-electron chi connectivity index (χ4n) is 1.74. The van der Waals surface area contributed by atoms with Crippen LogP contribution in [0.3, 0.4) is 0 Å². The fraction of sp³-hybridized carbons (Fsp3) is 0.538. The molecule has 0 atom stereocenters. The predicted molar refractivity (Wildman–Crippen MR) is 61.7 cm³/mol. The van der Waals surface area contributed by atoms with Crippen molar-refractivity contribution in [2.45, 2.75) is 33.1 Å². The Morgan fingerprint density at radius 2 is 2.07 bits per heavy atom. The van der Waals surface area contributed by atoms with Crippen molar-refractivity contribution in [2.75, 3.05) is 11.9 Å². The van der Waals surface area contributed by atoms with Gasteiger partial charge in [0.15, 0.2) is 0 Å². The first-order valence-corrected chi connectivity index (χ1v) is 5.57. The van der Waals surface area contributed by atoms with E-state index in [9.17, 15) is 0 Å². The summed E-state index contributed by atoms with van der Waals surface area (Å²) in [4.78, 5) is 0. The maximum Gasteiger partial charge on any atom is 0.0372 e. The van der Waals surface area contributed by atoms with Crippen molar-refractivity contribution in [1.29, 1.82) is 0 Å². The molecule has 0 bridgehead atoms. The number of benzene rings is 1. The van der Waals surface area contributed by atoms with Crippen molar-refractivity contribution < 1.29 is 0 Å². The first-order chi connectivity index (χ1) is 6.75. The monoisotopic (exact) mass is 189 g/mol. The first-order valence-electron chi connectivity index (χ1n) is 5.57. The second-order valence-electron chi connectivity index (χ2n) is 4.48. The van der Waals surface area contributed by atoms with Gasteiger partial charge in [-0.15, -0.1) is 0 Å². The van der Waals surface area contributed by atoms with E-state index in [1.165, 1.54) is 36.1 Å². The van der Waals surface area contributed by atoms with Gasteiger partial charge in [-0.2, -0.15) is 0 Å². The van der Waals surface area contributed by atoms with Crippen LogP contribution in [0.4, 0.5) is 5.69 Å². The second-order valence-corrected chi connectivity index (χ2v) is 4.48. The van der Waals surface area contributed by atoms with E-state index in [1.807, 2.05) is 0 Å². The van der Waals surface area contributed by atoms with Crippen LogP contribution in [0.2, 0.25) is 0 Å². The maximum atomic E-state index is 3.53. The summed E-state index contributed by atoms with van der Waals surface area (Å²) < 4.78 is 0. The van der Waals surface area contributed by atoms with Crippen LogP contribution in [0.15, 0.2) is 18.2 Å². The van der Waals surface area contributed by atoms with Gasteiger partial charge in [0.25, 0.3) is 0 Å². The summed E-state index contributed by atoms with van der Waals surface area (Å²) in [6.07, 6.45) is 4.25. The Hall–Kier alpha value is -0.980. The molecule has 0 heterocycles. The van der Waals surface area contributed by atoms with Crippen molar-refractivity contribution in [2.24, 2.45) is 5.92 Å². The SMILES string of the molecule is Cc1ccc(C)c(NCCC2CC2)c1. The Kier molecular flexibility index (Phi) is 2.76. The molecule has 1 aromatic rings. The molecule has 0 aliphatic heterocycles. The van der Waals surface area contributed by atoms with E-state index in [2.05, 4.69) is 37.4 Å². The zero-order valence-corrected chi connectivity index (χ0v) is 9.14. The van der Waals surface area contributed by atoms with Crippen LogP contribution >= 0.6 is 0 Å². The van der Waals surface area contributed by atoms with E-state index in [1.54, 1.807) is 0 Å². The minimum atomic E-state index is 1.02. The molecule has 0 aromatic heterocycles. The molecule has 1 fully saturated rings. The van der Waals surface area contributed by atoms with E-state index in [0.29, 0.717) is 0 Å². The van der Waals surface area contributed by atoms with Gasteiger partial charge in [0.2, 0.25) is 0 Å². The molecule has 1 saturated carbocycles. The normalized spacial score (nSPS) is 15.6. The van der Waals surface area contributed by atoms with Crippen LogP contribution in [0.5, 0.6) is 0 Å². The average molecular weight is 189 g/mol. The molecule has 14 heavy (non-hydrogen) atoms. The van der Waals surface area contributed by atoms with Crippen molar-refractivity contribution >= 4 is 5.69 Å². The van der Waals surface area contributed by atoms with E-state index in [4.69, 9.17) is 0 Å². The second kappa shape index (κ2) is 4.04. The first kappa shape index (κ1) is 9.57. The lowest BCUT2D eigenvalue weighted by atomic mass is 10.1. The molecule has 2 rings (SSSR count). The number of rotatable bonds is 4. The van der Waals surface area contributed by atoms with Crippen LogP contribution in [0, 0.1) is 19.8 Å². The minimum Gasteiger partial charge on any atom is -0.385 e. The lowest BCUT2D eigenvalue weighted by molar-refractivity contribution is 0.760. The Bertz CT molecular complexity index is 313. The number of aryl methyl sites for hydroxylation is 2. The molecule has 0 amide bonds. The highest BCUT2D eigenvalue weighted by atomic mass is 14.9. The predicted octanol–water partition coefficient (Wildman–Crippen LogP) is 3.52. The summed E-state index contributed by atoms with van der Waals surface area (Å²) >= 11 is 0. The van der Waals surface area contributed by atoms with Crippen LogP contribution in [0.1, 0.15) is 30.4 Å². The summed E-state index contributed by atoms with van der Waals surface area (Å²) in [6.45, 7) is 5.44. The average Bonchev–Trinajstić information content (AvgIpc) is 2.95. The van der Waals surface area contributed by atoms with E-state index >= 15 is 0 Å². The Labute approximate surface area is 86.5 Å². The standard InChI is InChI=1S/C13H19N/c1-10-3-4-11(2)13(9-10)14-8-7-12-5-6-12/h3-4,9,12,14H,5-8H2,1-2H3. The quantitative estimate of drug-likeness (QED) is 0.764. The topological polar surface area (TPSA) is 12.0 Å². The summed E-state index contributed by atoms with van der Waals surface area (Å²) in [5.74, 6) is 1.02. The largest absolute Gasteiger partial charge is 0.385 e. The van der Waals surface area contributed by atoms with Gasteiger partial charge < -0.3 is 5.32 Å². The summed E-state index contributed by atoms with van der Waals surface area (Å²) in [5, 5.41) is 3.53. The van der Waals surface area contributed by atoms with Gasteiger partial charge in [-0.3, -0.25) is 0 Å². The van der Waals surface area contributed by atoms with Gasteiger partial charge in [0.1, 0.15) is 0 Å². The number of nitrogens with one attached hydrogen (secondary N) is 1. The Morgan fingerprint density at radius 1 is 1.29 bits per heavy atom. The van der Waals surface area contributed by atoms with Gasteiger partial charge in [0.05, 0.1) is 0 Å². The van der Waals surface area contributed by atoms with E-state index < -0.39 is 0 Å². The van der Waals surface area contributed by atoms with E-state index in [-0.39, 0.29) is 0 Å². The van der Waals surface area contributed by atoms with Gasteiger partial charge in [0, 0.05) is 12.2 Å². The lowest BCUT2D eigenvalue weighted by Gasteiger charge is -2.09. The minimum absolute atomic E-state index is 1.02. The van der Waals surface area contributed by atoms with Gasteiger partial charge in [-0.25, -0.2) is 0 Å². The van der Waals surface area contributed by atoms with Crippen molar-refractivity contribution in [3.63, 3.8) is 0 Å².